The van der Waals surface area contributed by atoms with Crippen LogP contribution in [0.2, 0.25) is 5.02 Å². The van der Waals surface area contributed by atoms with Gasteiger partial charge in [-0.2, -0.15) is 0 Å². The molecule has 0 spiro atoms. The van der Waals surface area contributed by atoms with Gasteiger partial charge in [-0.3, -0.25) is 4.90 Å². The van der Waals surface area contributed by atoms with Crippen LogP contribution in [-0.2, 0) is 0 Å². The van der Waals surface area contributed by atoms with E-state index in [4.69, 9.17) is 17.3 Å². The first-order valence-electron chi connectivity index (χ1n) is 6.77. The molecule has 0 amide bonds. The normalized spacial score (nSPS) is 19.6. The maximum atomic E-state index is 14.1. The van der Waals surface area contributed by atoms with Gasteiger partial charge in [-0.25, -0.2) is 4.39 Å². The van der Waals surface area contributed by atoms with E-state index in [1.165, 1.54) is 0 Å². The van der Waals surface area contributed by atoms with Gasteiger partial charge < -0.3 is 10.6 Å². The zero-order chi connectivity index (χ0) is 13.8. The van der Waals surface area contributed by atoms with Gasteiger partial charge in [-0.1, -0.05) is 30.7 Å². The minimum atomic E-state index is -0.336. The van der Waals surface area contributed by atoms with Crippen molar-refractivity contribution in [2.75, 3.05) is 39.3 Å². The van der Waals surface area contributed by atoms with E-state index in [-0.39, 0.29) is 16.9 Å². The molecular weight excluding hydrogens is 265 g/mol. The topological polar surface area (TPSA) is 32.5 Å². The highest BCUT2D eigenvalue weighted by molar-refractivity contribution is 6.30. The average molecular weight is 286 g/mol. The summed E-state index contributed by atoms with van der Waals surface area (Å²) in [4.78, 5) is 4.64. The van der Waals surface area contributed by atoms with Crippen molar-refractivity contribution in [2.24, 2.45) is 5.73 Å². The summed E-state index contributed by atoms with van der Waals surface area (Å²) in [7, 11) is 0. The molecular formula is C14H21ClFN3. The molecule has 106 valence electrons. The Balaban J connectivity index is 2.14. The van der Waals surface area contributed by atoms with Crippen LogP contribution in [0, 0.1) is 5.82 Å². The minimum Gasteiger partial charge on any atom is -0.329 e. The molecule has 1 unspecified atom stereocenters. The van der Waals surface area contributed by atoms with Gasteiger partial charge in [0.25, 0.3) is 0 Å². The molecule has 19 heavy (non-hydrogen) atoms. The van der Waals surface area contributed by atoms with Gasteiger partial charge in [0, 0.05) is 38.3 Å². The summed E-state index contributed by atoms with van der Waals surface area (Å²) in [6.45, 7) is 7.48. The molecule has 1 aliphatic heterocycles. The summed E-state index contributed by atoms with van der Waals surface area (Å²) < 4.78 is 14.1. The number of halogens is 2. The van der Waals surface area contributed by atoms with Gasteiger partial charge in [0.15, 0.2) is 0 Å². The molecule has 2 rings (SSSR count). The van der Waals surface area contributed by atoms with Crippen LogP contribution in [0.5, 0.6) is 0 Å². The molecule has 1 saturated heterocycles. The SMILES string of the molecule is CCN1CCN(C(CN)c2cccc(Cl)c2F)CC1. The number of likely N-dealkylation sites (N-methyl/N-ethyl adjacent to an activating group) is 1. The maximum Gasteiger partial charge on any atom is 0.146 e. The molecule has 0 bridgehead atoms. The molecule has 0 aromatic heterocycles. The number of benzene rings is 1. The van der Waals surface area contributed by atoms with Gasteiger partial charge in [0.2, 0.25) is 0 Å². The number of nitrogens with zero attached hydrogens (tertiary/aromatic N) is 2. The van der Waals surface area contributed by atoms with Crippen molar-refractivity contribution in [1.82, 2.24) is 9.80 Å². The van der Waals surface area contributed by atoms with Crippen LogP contribution in [0.15, 0.2) is 18.2 Å². The molecule has 1 heterocycles. The van der Waals surface area contributed by atoms with E-state index in [1.54, 1.807) is 18.2 Å². The number of rotatable bonds is 4. The van der Waals surface area contributed by atoms with Crippen LogP contribution < -0.4 is 5.73 Å². The Morgan fingerprint density at radius 3 is 2.58 bits per heavy atom. The summed E-state index contributed by atoms with van der Waals surface area (Å²) in [5.41, 5.74) is 6.47. The third kappa shape index (κ3) is 3.26. The third-order valence-electron chi connectivity index (χ3n) is 3.86. The molecule has 5 heteroatoms. The molecule has 1 aromatic carbocycles. The van der Waals surface area contributed by atoms with Crippen molar-refractivity contribution < 1.29 is 4.39 Å². The van der Waals surface area contributed by atoms with Crippen molar-refractivity contribution >= 4 is 11.6 Å². The lowest BCUT2D eigenvalue weighted by molar-refractivity contribution is 0.100. The van der Waals surface area contributed by atoms with Crippen LogP contribution >= 0.6 is 11.6 Å². The van der Waals surface area contributed by atoms with Gasteiger partial charge in [0.1, 0.15) is 5.82 Å². The number of hydrogen-bond donors (Lipinski definition) is 1. The maximum absolute atomic E-state index is 14.1. The molecule has 3 nitrogen and oxygen atoms in total. The monoisotopic (exact) mass is 285 g/mol. The standard InChI is InChI=1S/C14H21ClFN3/c1-2-18-6-8-19(9-7-18)13(10-17)11-4-3-5-12(15)14(11)16/h3-5,13H,2,6-10,17H2,1H3. The molecule has 1 aromatic rings. The smallest absolute Gasteiger partial charge is 0.146 e. The van der Waals surface area contributed by atoms with Crippen LogP contribution in [0.3, 0.4) is 0 Å². The molecule has 0 saturated carbocycles. The van der Waals surface area contributed by atoms with Crippen LogP contribution in [0.25, 0.3) is 0 Å². The predicted molar refractivity (Wildman–Crippen MR) is 76.9 cm³/mol. The van der Waals surface area contributed by atoms with E-state index in [9.17, 15) is 4.39 Å². The molecule has 0 radical (unpaired) electrons. The second-order valence-corrected chi connectivity index (χ2v) is 5.27. The predicted octanol–water partition coefficient (Wildman–Crippen LogP) is 2.12. The van der Waals surface area contributed by atoms with Crippen molar-refractivity contribution in [3.8, 4) is 0 Å². The van der Waals surface area contributed by atoms with E-state index < -0.39 is 0 Å². The summed E-state index contributed by atoms with van der Waals surface area (Å²) >= 11 is 5.86. The van der Waals surface area contributed by atoms with E-state index >= 15 is 0 Å². The zero-order valence-electron chi connectivity index (χ0n) is 11.3. The Morgan fingerprint density at radius 1 is 1.32 bits per heavy atom. The quantitative estimate of drug-likeness (QED) is 0.920. The minimum absolute atomic E-state index is 0.0855. The lowest BCUT2D eigenvalue weighted by Crippen LogP contribution is -2.49. The summed E-state index contributed by atoms with van der Waals surface area (Å²) in [6.07, 6.45) is 0. The Labute approximate surface area is 119 Å². The number of hydrogen-bond acceptors (Lipinski definition) is 3. The fourth-order valence-corrected chi connectivity index (χ4v) is 2.82. The fourth-order valence-electron chi connectivity index (χ4n) is 2.64. The van der Waals surface area contributed by atoms with E-state index in [0.717, 1.165) is 32.7 Å². The Hall–Kier alpha value is -0.680. The Bertz CT molecular complexity index is 419. The van der Waals surface area contributed by atoms with Crippen molar-refractivity contribution in [1.29, 1.82) is 0 Å². The Morgan fingerprint density at radius 2 is 2.00 bits per heavy atom. The van der Waals surface area contributed by atoms with E-state index in [2.05, 4.69) is 16.7 Å². The summed E-state index contributed by atoms with van der Waals surface area (Å²) in [5, 5.41) is 0.170. The second kappa shape index (κ2) is 6.66. The van der Waals surface area contributed by atoms with Crippen molar-refractivity contribution in [3.63, 3.8) is 0 Å². The molecule has 1 aliphatic rings. The highest BCUT2D eigenvalue weighted by atomic mass is 35.5. The molecule has 1 fully saturated rings. The van der Waals surface area contributed by atoms with Gasteiger partial charge >= 0.3 is 0 Å². The van der Waals surface area contributed by atoms with Crippen LogP contribution in [-0.4, -0.2) is 49.1 Å². The Kier molecular flexibility index (Phi) is 5.16. The first-order valence-corrected chi connectivity index (χ1v) is 7.15. The van der Waals surface area contributed by atoms with Crippen LogP contribution in [0.4, 0.5) is 4.39 Å². The number of piperazine rings is 1. The zero-order valence-corrected chi connectivity index (χ0v) is 12.0. The summed E-state index contributed by atoms with van der Waals surface area (Å²) in [6, 6.07) is 5.05. The van der Waals surface area contributed by atoms with E-state index in [1.807, 2.05) is 0 Å². The third-order valence-corrected chi connectivity index (χ3v) is 4.15. The lowest BCUT2D eigenvalue weighted by Gasteiger charge is -2.38. The fraction of sp³-hybridized carbons (Fsp3) is 0.571. The van der Waals surface area contributed by atoms with Crippen molar-refractivity contribution in [2.45, 2.75) is 13.0 Å². The average Bonchev–Trinajstić information content (AvgIpc) is 2.45. The molecule has 0 aliphatic carbocycles. The highest BCUT2D eigenvalue weighted by Gasteiger charge is 2.26. The first kappa shape index (κ1) is 14.7. The van der Waals surface area contributed by atoms with Crippen LogP contribution in [0.1, 0.15) is 18.5 Å². The lowest BCUT2D eigenvalue weighted by atomic mass is 10.0. The van der Waals surface area contributed by atoms with E-state index in [0.29, 0.717) is 12.1 Å². The van der Waals surface area contributed by atoms with Gasteiger partial charge in [-0.15, -0.1) is 0 Å². The van der Waals surface area contributed by atoms with Gasteiger partial charge in [-0.05, 0) is 12.6 Å². The highest BCUT2D eigenvalue weighted by Crippen LogP contribution is 2.27. The second-order valence-electron chi connectivity index (χ2n) is 4.86. The summed E-state index contributed by atoms with van der Waals surface area (Å²) in [5.74, 6) is -0.336. The molecule has 2 N–H and O–H groups in total. The first-order chi connectivity index (χ1) is 9.17. The molecule has 1 atom stereocenters. The largest absolute Gasteiger partial charge is 0.329 e. The van der Waals surface area contributed by atoms with Gasteiger partial charge in [0.05, 0.1) is 11.1 Å². The number of nitrogens with two attached hydrogens (primary N) is 1. The van der Waals surface area contributed by atoms with Crippen molar-refractivity contribution in [3.05, 3.63) is 34.6 Å².